The Hall–Kier alpha value is -2.92. The van der Waals surface area contributed by atoms with Crippen LogP contribution in [-0.4, -0.2) is 29.3 Å². The number of rotatable bonds is 4. The van der Waals surface area contributed by atoms with E-state index in [0.29, 0.717) is 10.7 Å². The highest BCUT2D eigenvalue weighted by atomic mass is 35.5. The maximum absolute atomic E-state index is 13.8. The van der Waals surface area contributed by atoms with Crippen molar-refractivity contribution in [2.45, 2.75) is 18.7 Å². The summed E-state index contributed by atoms with van der Waals surface area (Å²) < 4.78 is 67.8. The minimum atomic E-state index is -4.99. The van der Waals surface area contributed by atoms with Crippen LogP contribution in [0.3, 0.4) is 0 Å². The minimum absolute atomic E-state index is 0.128. The van der Waals surface area contributed by atoms with E-state index in [9.17, 15) is 26.4 Å². The van der Waals surface area contributed by atoms with Crippen LogP contribution >= 0.6 is 11.6 Å². The third-order valence-corrected chi connectivity index (χ3v) is 5.58. The summed E-state index contributed by atoms with van der Waals surface area (Å²) >= 11 is 6.16. The van der Waals surface area contributed by atoms with Crippen molar-refractivity contribution in [1.29, 1.82) is 0 Å². The SMILES string of the molecule is Cc1ccc(-n2nnc(C(=O)NS(=O)(=O)c3c(F)cc(F)cc3F)c2C)c(Cl)c1. The summed E-state index contributed by atoms with van der Waals surface area (Å²) in [5.74, 6) is -5.96. The highest BCUT2D eigenvalue weighted by molar-refractivity contribution is 7.90. The molecule has 1 N–H and O–H groups in total. The number of amides is 1. The molecule has 0 aliphatic carbocycles. The third kappa shape index (κ3) is 3.96. The van der Waals surface area contributed by atoms with Crippen LogP contribution in [0, 0.1) is 31.3 Å². The van der Waals surface area contributed by atoms with Gasteiger partial charge in [0.15, 0.2) is 10.6 Å². The first-order valence-electron chi connectivity index (χ1n) is 7.92. The Bertz CT molecular complexity index is 1220. The molecule has 12 heteroatoms. The van der Waals surface area contributed by atoms with Gasteiger partial charge in [-0.25, -0.2) is 31.0 Å². The van der Waals surface area contributed by atoms with E-state index in [1.54, 1.807) is 18.2 Å². The van der Waals surface area contributed by atoms with Crippen molar-refractivity contribution >= 4 is 27.5 Å². The fourth-order valence-corrected chi connectivity index (χ4v) is 3.95. The quantitative estimate of drug-likeness (QED) is 0.667. The number of halogens is 4. The first-order chi connectivity index (χ1) is 13.5. The van der Waals surface area contributed by atoms with Crippen molar-refractivity contribution in [3.8, 4) is 5.69 Å². The Balaban J connectivity index is 1.95. The Morgan fingerprint density at radius 1 is 1.10 bits per heavy atom. The second kappa shape index (κ2) is 7.48. The molecule has 0 fully saturated rings. The summed E-state index contributed by atoms with van der Waals surface area (Å²) in [4.78, 5) is 10.9. The van der Waals surface area contributed by atoms with Gasteiger partial charge in [0, 0.05) is 12.1 Å². The first kappa shape index (κ1) is 20.8. The normalized spacial score (nSPS) is 11.5. The lowest BCUT2D eigenvalue weighted by Crippen LogP contribution is -2.32. The van der Waals surface area contributed by atoms with Crippen LogP contribution in [-0.2, 0) is 10.0 Å². The Labute approximate surface area is 168 Å². The summed E-state index contributed by atoms with van der Waals surface area (Å²) in [5.41, 5.74) is 0.986. The molecule has 1 heterocycles. The number of benzene rings is 2. The molecule has 29 heavy (non-hydrogen) atoms. The van der Waals surface area contributed by atoms with E-state index in [1.165, 1.54) is 16.3 Å². The number of hydrogen-bond acceptors (Lipinski definition) is 5. The molecular weight excluding hydrogens is 433 g/mol. The van der Waals surface area contributed by atoms with Crippen LogP contribution in [0.15, 0.2) is 35.2 Å². The molecule has 1 amide bonds. The van der Waals surface area contributed by atoms with Crippen LogP contribution in [0.1, 0.15) is 21.7 Å². The molecule has 0 aliphatic rings. The van der Waals surface area contributed by atoms with Gasteiger partial charge in [-0.3, -0.25) is 4.79 Å². The average Bonchev–Trinajstić information content (AvgIpc) is 2.94. The van der Waals surface area contributed by atoms with Crippen molar-refractivity contribution in [3.05, 3.63) is 69.8 Å². The molecular formula is C17H12ClF3N4O3S. The van der Waals surface area contributed by atoms with E-state index in [-0.39, 0.29) is 17.8 Å². The smallest absolute Gasteiger partial charge is 0.266 e. The van der Waals surface area contributed by atoms with Crippen molar-refractivity contribution in [1.82, 2.24) is 19.7 Å². The van der Waals surface area contributed by atoms with Gasteiger partial charge in [-0.2, -0.15) is 0 Å². The second-order valence-corrected chi connectivity index (χ2v) is 8.05. The predicted molar refractivity (Wildman–Crippen MR) is 96.8 cm³/mol. The maximum atomic E-state index is 13.8. The fraction of sp³-hybridized carbons (Fsp3) is 0.118. The highest BCUT2D eigenvalue weighted by Gasteiger charge is 2.29. The average molecular weight is 445 g/mol. The van der Waals surface area contributed by atoms with Gasteiger partial charge in [0.25, 0.3) is 15.9 Å². The lowest BCUT2D eigenvalue weighted by Gasteiger charge is -2.09. The molecule has 0 aliphatic heterocycles. The van der Waals surface area contributed by atoms with Gasteiger partial charge < -0.3 is 0 Å². The number of aromatic nitrogens is 3. The van der Waals surface area contributed by atoms with Crippen molar-refractivity contribution in [3.63, 3.8) is 0 Å². The summed E-state index contributed by atoms with van der Waals surface area (Å²) in [7, 11) is -4.99. The number of hydrogen-bond donors (Lipinski definition) is 1. The molecule has 0 saturated carbocycles. The molecule has 3 rings (SSSR count). The molecule has 0 unspecified atom stereocenters. The maximum Gasteiger partial charge on any atom is 0.287 e. The fourth-order valence-electron chi connectivity index (χ4n) is 2.56. The zero-order valence-electron chi connectivity index (χ0n) is 14.9. The standard InChI is InChI=1S/C17H12ClF3N4O3S/c1-8-3-4-14(11(18)5-8)25-9(2)15(22-24-25)17(26)23-29(27,28)16-12(20)6-10(19)7-13(16)21/h3-7H,1-2H3,(H,23,26). The minimum Gasteiger partial charge on any atom is -0.266 e. The zero-order chi connectivity index (χ0) is 21.5. The Morgan fingerprint density at radius 3 is 2.31 bits per heavy atom. The lowest BCUT2D eigenvalue weighted by molar-refractivity contribution is 0.0976. The third-order valence-electron chi connectivity index (χ3n) is 3.90. The summed E-state index contributed by atoms with van der Waals surface area (Å²) in [6.45, 7) is 3.25. The predicted octanol–water partition coefficient (Wildman–Crippen LogP) is 3.07. The Morgan fingerprint density at radius 2 is 1.72 bits per heavy atom. The van der Waals surface area contributed by atoms with Gasteiger partial charge in [-0.15, -0.1) is 5.10 Å². The Kier molecular flexibility index (Phi) is 5.37. The zero-order valence-corrected chi connectivity index (χ0v) is 16.4. The number of carbonyl (C=O) groups excluding carboxylic acids is 1. The molecule has 7 nitrogen and oxygen atoms in total. The van der Waals surface area contributed by atoms with Gasteiger partial charge in [0.2, 0.25) is 0 Å². The monoisotopic (exact) mass is 444 g/mol. The van der Waals surface area contributed by atoms with Crippen LogP contribution in [0.4, 0.5) is 13.2 Å². The molecule has 0 atom stereocenters. The van der Waals surface area contributed by atoms with Crippen molar-refractivity contribution in [2.24, 2.45) is 0 Å². The number of nitrogens with zero attached hydrogens (tertiary/aromatic N) is 3. The number of sulfonamides is 1. The van der Waals surface area contributed by atoms with E-state index in [2.05, 4.69) is 10.3 Å². The summed E-state index contributed by atoms with van der Waals surface area (Å²) in [6, 6.07) is 5.39. The molecule has 1 aromatic heterocycles. The van der Waals surface area contributed by atoms with E-state index in [1.807, 2.05) is 6.92 Å². The van der Waals surface area contributed by atoms with Gasteiger partial charge in [-0.05, 0) is 31.5 Å². The molecule has 0 saturated heterocycles. The van der Waals surface area contributed by atoms with Gasteiger partial charge in [0.1, 0.15) is 17.5 Å². The second-order valence-electron chi connectivity index (χ2n) is 6.02. The molecule has 0 spiro atoms. The van der Waals surface area contributed by atoms with E-state index >= 15 is 0 Å². The highest BCUT2D eigenvalue weighted by Crippen LogP contribution is 2.24. The topological polar surface area (TPSA) is 93.9 Å². The number of aryl methyl sites for hydroxylation is 1. The largest absolute Gasteiger partial charge is 0.287 e. The van der Waals surface area contributed by atoms with Crippen LogP contribution in [0.2, 0.25) is 5.02 Å². The summed E-state index contributed by atoms with van der Waals surface area (Å²) in [5, 5.41) is 7.71. The molecule has 2 aromatic carbocycles. The van der Waals surface area contributed by atoms with Crippen LogP contribution in [0.25, 0.3) is 5.69 Å². The number of carbonyl (C=O) groups is 1. The first-order valence-corrected chi connectivity index (χ1v) is 9.78. The number of nitrogens with one attached hydrogen (secondary N) is 1. The van der Waals surface area contributed by atoms with E-state index < -0.39 is 44.0 Å². The molecule has 0 radical (unpaired) electrons. The summed E-state index contributed by atoms with van der Waals surface area (Å²) in [6.07, 6.45) is 0. The van der Waals surface area contributed by atoms with Gasteiger partial charge in [0.05, 0.1) is 16.4 Å². The van der Waals surface area contributed by atoms with E-state index in [4.69, 9.17) is 11.6 Å². The van der Waals surface area contributed by atoms with Crippen LogP contribution < -0.4 is 4.72 Å². The van der Waals surface area contributed by atoms with Gasteiger partial charge in [-0.1, -0.05) is 22.9 Å². The van der Waals surface area contributed by atoms with Gasteiger partial charge >= 0.3 is 0 Å². The van der Waals surface area contributed by atoms with E-state index in [0.717, 1.165) is 5.56 Å². The lowest BCUT2D eigenvalue weighted by atomic mass is 10.2. The van der Waals surface area contributed by atoms with Crippen LogP contribution in [0.5, 0.6) is 0 Å². The molecule has 152 valence electrons. The molecule has 0 bridgehead atoms. The van der Waals surface area contributed by atoms with Crippen molar-refractivity contribution in [2.75, 3.05) is 0 Å². The molecule has 3 aromatic rings. The van der Waals surface area contributed by atoms with Crippen molar-refractivity contribution < 1.29 is 26.4 Å².